The van der Waals surface area contributed by atoms with Gasteiger partial charge in [0, 0.05) is 10.7 Å². The molecule has 0 aliphatic carbocycles. The van der Waals surface area contributed by atoms with E-state index in [0.29, 0.717) is 11.4 Å². The van der Waals surface area contributed by atoms with Gasteiger partial charge in [0.1, 0.15) is 12.1 Å². The Morgan fingerprint density at radius 2 is 2.00 bits per heavy atom. The molecule has 4 nitrogen and oxygen atoms in total. The van der Waals surface area contributed by atoms with Crippen LogP contribution in [0.4, 0.5) is 5.69 Å². The number of anilines is 1. The molecule has 1 aliphatic heterocycles. The van der Waals surface area contributed by atoms with Gasteiger partial charge in [0.05, 0.1) is 0 Å². The molecule has 1 aromatic rings. The van der Waals surface area contributed by atoms with Crippen LogP contribution in [-0.2, 0) is 9.59 Å². The van der Waals surface area contributed by atoms with Crippen LogP contribution in [0.2, 0.25) is 5.02 Å². The maximum atomic E-state index is 12.8. The fourth-order valence-electron chi connectivity index (χ4n) is 2.70. The lowest BCUT2D eigenvalue weighted by atomic mass is 9.95. The molecule has 1 heterocycles. The van der Waals surface area contributed by atoms with E-state index in [2.05, 4.69) is 5.32 Å². The van der Waals surface area contributed by atoms with Crippen LogP contribution in [0.3, 0.4) is 0 Å². The zero-order valence-corrected chi connectivity index (χ0v) is 13.6. The molecular weight excluding hydrogens is 288 g/mol. The van der Waals surface area contributed by atoms with Gasteiger partial charge in [-0.1, -0.05) is 38.4 Å². The van der Waals surface area contributed by atoms with Gasteiger partial charge in [-0.3, -0.25) is 14.5 Å². The van der Waals surface area contributed by atoms with Crippen molar-refractivity contribution >= 4 is 29.1 Å². The van der Waals surface area contributed by atoms with Gasteiger partial charge >= 0.3 is 0 Å². The minimum absolute atomic E-state index is 0.0428. The standard InChI is InChI=1S/C16H21ClN2O2/c1-5-12-15(20)18-14(9(2)3)16(21)19(12)13-8-6-7-11(17)10(13)4/h6-9,12,14H,5H2,1-4H3,(H,18,20). The van der Waals surface area contributed by atoms with Crippen molar-refractivity contribution in [2.24, 2.45) is 5.92 Å². The number of hydrogen-bond acceptors (Lipinski definition) is 2. The lowest BCUT2D eigenvalue weighted by molar-refractivity contribution is -0.134. The van der Waals surface area contributed by atoms with E-state index in [1.807, 2.05) is 39.8 Å². The summed E-state index contributed by atoms with van der Waals surface area (Å²) < 4.78 is 0. The maximum Gasteiger partial charge on any atom is 0.250 e. The van der Waals surface area contributed by atoms with Gasteiger partial charge in [0.2, 0.25) is 5.91 Å². The lowest BCUT2D eigenvalue weighted by Crippen LogP contribution is -2.65. The third kappa shape index (κ3) is 2.77. The summed E-state index contributed by atoms with van der Waals surface area (Å²) in [4.78, 5) is 26.8. The summed E-state index contributed by atoms with van der Waals surface area (Å²) >= 11 is 6.17. The summed E-state index contributed by atoms with van der Waals surface area (Å²) in [6.45, 7) is 7.63. The van der Waals surface area contributed by atoms with Crippen LogP contribution in [-0.4, -0.2) is 23.9 Å². The molecule has 1 N–H and O–H groups in total. The number of nitrogens with one attached hydrogen (secondary N) is 1. The van der Waals surface area contributed by atoms with Crippen LogP contribution in [0.25, 0.3) is 0 Å². The first-order chi connectivity index (χ1) is 9.88. The highest BCUT2D eigenvalue weighted by atomic mass is 35.5. The van der Waals surface area contributed by atoms with Crippen LogP contribution in [0.5, 0.6) is 0 Å². The maximum absolute atomic E-state index is 12.8. The van der Waals surface area contributed by atoms with Gasteiger partial charge in [0.25, 0.3) is 5.91 Å². The molecule has 0 saturated carbocycles. The second-order valence-corrected chi connectivity index (χ2v) is 6.15. The van der Waals surface area contributed by atoms with E-state index in [-0.39, 0.29) is 17.7 Å². The molecule has 1 saturated heterocycles. The number of piperazine rings is 1. The number of amides is 2. The van der Waals surface area contributed by atoms with Crippen LogP contribution in [0, 0.1) is 12.8 Å². The highest BCUT2D eigenvalue weighted by Gasteiger charge is 2.42. The van der Waals surface area contributed by atoms with Crippen molar-refractivity contribution in [3.05, 3.63) is 28.8 Å². The highest BCUT2D eigenvalue weighted by Crippen LogP contribution is 2.31. The molecule has 1 aliphatic rings. The van der Waals surface area contributed by atoms with E-state index in [1.54, 1.807) is 11.0 Å². The Kier molecular flexibility index (Phi) is 4.57. The topological polar surface area (TPSA) is 49.4 Å². The average Bonchev–Trinajstić information content (AvgIpc) is 2.43. The second kappa shape index (κ2) is 6.06. The molecule has 21 heavy (non-hydrogen) atoms. The monoisotopic (exact) mass is 308 g/mol. The van der Waals surface area contributed by atoms with Crippen molar-refractivity contribution in [1.29, 1.82) is 0 Å². The third-order valence-corrected chi connectivity index (χ3v) is 4.38. The third-order valence-electron chi connectivity index (χ3n) is 3.97. The van der Waals surface area contributed by atoms with E-state index < -0.39 is 12.1 Å². The first-order valence-electron chi connectivity index (χ1n) is 7.27. The first kappa shape index (κ1) is 15.8. The molecule has 2 unspecified atom stereocenters. The number of carbonyl (C=O) groups is 2. The predicted molar refractivity (Wildman–Crippen MR) is 84.5 cm³/mol. The van der Waals surface area contributed by atoms with Gasteiger partial charge in [-0.2, -0.15) is 0 Å². The van der Waals surface area contributed by atoms with Crippen molar-refractivity contribution in [1.82, 2.24) is 5.32 Å². The van der Waals surface area contributed by atoms with E-state index >= 15 is 0 Å². The molecule has 114 valence electrons. The van der Waals surface area contributed by atoms with E-state index in [4.69, 9.17) is 11.6 Å². The Hall–Kier alpha value is -1.55. The molecular formula is C16H21ClN2O2. The number of rotatable bonds is 3. The smallest absolute Gasteiger partial charge is 0.250 e. The van der Waals surface area contributed by atoms with Crippen molar-refractivity contribution in [2.75, 3.05) is 4.90 Å². The molecule has 1 fully saturated rings. The molecule has 0 radical (unpaired) electrons. The van der Waals surface area contributed by atoms with Gasteiger partial charge in [-0.05, 0) is 37.0 Å². The SMILES string of the molecule is CCC1C(=O)NC(C(C)C)C(=O)N1c1cccc(Cl)c1C. The zero-order valence-electron chi connectivity index (χ0n) is 12.8. The summed E-state index contributed by atoms with van der Waals surface area (Å²) in [7, 11) is 0. The molecule has 0 aromatic heterocycles. The van der Waals surface area contributed by atoms with E-state index in [9.17, 15) is 9.59 Å². The summed E-state index contributed by atoms with van der Waals surface area (Å²) in [6.07, 6.45) is 0.564. The molecule has 0 spiro atoms. The molecule has 0 bridgehead atoms. The quantitative estimate of drug-likeness (QED) is 0.933. The number of carbonyl (C=O) groups excluding carboxylic acids is 2. The molecule has 1 aromatic carbocycles. The van der Waals surface area contributed by atoms with Crippen molar-refractivity contribution in [3.8, 4) is 0 Å². The van der Waals surface area contributed by atoms with Crippen molar-refractivity contribution < 1.29 is 9.59 Å². The number of benzene rings is 1. The normalized spacial score (nSPS) is 22.7. The van der Waals surface area contributed by atoms with Gasteiger partial charge in [-0.15, -0.1) is 0 Å². The van der Waals surface area contributed by atoms with E-state index in [1.165, 1.54) is 0 Å². The van der Waals surface area contributed by atoms with Gasteiger partial charge in [-0.25, -0.2) is 0 Å². The van der Waals surface area contributed by atoms with Crippen LogP contribution < -0.4 is 10.2 Å². The Labute approximate surface area is 130 Å². The Morgan fingerprint density at radius 3 is 2.57 bits per heavy atom. The molecule has 2 rings (SSSR count). The average molecular weight is 309 g/mol. The Bertz CT molecular complexity index is 571. The van der Waals surface area contributed by atoms with Gasteiger partial charge < -0.3 is 5.32 Å². The molecule has 5 heteroatoms. The first-order valence-corrected chi connectivity index (χ1v) is 7.64. The van der Waals surface area contributed by atoms with E-state index in [0.717, 1.165) is 11.3 Å². The lowest BCUT2D eigenvalue weighted by Gasteiger charge is -2.40. The number of nitrogens with zero attached hydrogens (tertiary/aromatic N) is 1. The highest BCUT2D eigenvalue weighted by molar-refractivity contribution is 6.31. The van der Waals surface area contributed by atoms with Crippen molar-refractivity contribution in [3.63, 3.8) is 0 Å². The summed E-state index contributed by atoms with van der Waals surface area (Å²) in [6, 6.07) is 4.47. The summed E-state index contributed by atoms with van der Waals surface area (Å²) in [5, 5.41) is 3.44. The largest absolute Gasteiger partial charge is 0.342 e. The fourth-order valence-corrected chi connectivity index (χ4v) is 2.86. The Balaban J connectivity index is 2.52. The molecule has 2 atom stereocenters. The summed E-state index contributed by atoms with van der Waals surface area (Å²) in [5.74, 6) is -0.127. The predicted octanol–water partition coefficient (Wildman–Crippen LogP) is 2.91. The second-order valence-electron chi connectivity index (χ2n) is 5.75. The zero-order chi connectivity index (χ0) is 15.7. The fraction of sp³-hybridized carbons (Fsp3) is 0.500. The van der Waals surface area contributed by atoms with Crippen LogP contribution in [0.1, 0.15) is 32.8 Å². The van der Waals surface area contributed by atoms with Crippen molar-refractivity contribution in [2.45, 2.75) is 46.2 Å². The molecule has 2 amide bonds. The minimum atomic E-state index is -0.487. The van der Waals surface area contributed by atoms with Crippen LogP contribution in [0.15, 0.2) is 18.2 Å². The summed E-state index contributed by atoms with van der Waals surface area (Å²) in [5.41, 5.74) is 1.54. The number of hydrogen-bond donors (Lipinski definition) is 1. The minimum Gasteiger partial charge on any atom is -0.342 e. The Morgan fingerprint density at radius 1 is 1.33 bits per heavy atom. The number of halogens is 1. The van der Waals surface area contributed by atoms with Gasteiger partial charge in [0.15, 0.2) is 0 Å². The van der Waals surface area contributed by atoms with Crippen LogP contribution >= 0.6 is 11.6 Å².